The molecule has 1 fully saturated rings. The number of hydrogen-bond acceptors (Lipinski definition) is 5. The van der Waals surface area contributed by atoms with Crippen molar-refractivity contribution in [3.63, 3.8) is 0 Å². The number of amides is 1. The van der Waals surface area contributed by atoms with E-state index in [1.807, 2.05) is 12.1 Å². The first kappa shape index (κ1) is 18.2. The monoisotopic (exact) mass is 335 g/mol. The fraction of sp³-hybridized carbons (Fsp3) is 0.588. The van der Waals surface area contributed by atoms with E-state index < -0.39 is 23.6 Å². The number of nitrogens with zero attached hydrogens (tertiary/aromatic N) is 2. The van der Waals surface area contributed by atoms with E-state index in [9.17, 15) is 14.7 Å². The van der Waals surface area contributed by atoms with E-state index in [0.717, 1.165) is 5.56 Å². The van der Waals surface area contributed by atoms with Crippen molar-refractivity contribution in [2.24, 2.45) is 5.92 Å². The number of ether oxygens (including phenoxy) is 1. The van der Waals surface area contributed by atoms with Gasteiger partial charge in [-0.3, -0.25) is 9.78 Å². The number of likely N-dealkylation sites (tertiary alicyclic amines) is 1. The maximum atomic E-state index is 12.2. The molecule has 2 rings (SSSR count). The molecule has 1 amide bonds. The molecule has 1 aliphatic rings. The van der Waals surface area contributed by atoms with Crippen molar-refractivity contribution < 1.29 is 19.4 Å². The van der Waals surface area contributed by atoms with Crippen molar-refractivity contribution in [1.29, 1.82) is 0 Å². The van der Waals surface area contributed by atoms with E-state index in [-0.39, 0.29) is 12.6 Å². The molecule has 0 bridgehead atoms. The van der Waals surface area contributed by atoms with Crippen molar-refractivity contribution >= 4 is 12.1 Å². The Morgan fingerprint density at radius 3 is 2.62 bits per heavy atom. The largest absolute Gasteiger partial charge is 0.481 e. The summed E-state index contributed by atoms with van der Waals surface area (Å²) in [5.74, 6) is -1.57. The Kier molecular flexibility index (Phi) is 5.77. The number of aliphatic carboxylic acids is 1. The molecule has 7 heteroatoms. The van der Waals surface area contributed by atoms with Crippen LogP contribution in [0.5, 0.6) is 0 Å². The minimum Gasteiger partial charge on any atom is -0.481 e. The Morgan fingerprint density at radius 2 is 2.04 bits per heavy atom. The zero-order valence-corrected chi connectivity index (χ0v) is 14.4. The lowest BCUT2D eigenvalue weighted by Gasteiger charge is -2.37. The molecule has 2 atom stereocenters. The fourth-order valence-electron chi connectivity index (χ4n) is 2.69. The average molecular weight is 335 g/mol. The summed E-state index contributed by atoms with van der Waals surface area (Å²) in [6.07, 6.45) is 3.52. The highest BCUT2D eigenvalue weighted by molar-refractivity contribution is 5.74. The molecule has 0 aromatic carbocycles. The zero-order chi connectivity index (χ0) is 17.7. The van der Waals surface area contributed by atoms with Gasteiger partial charge in [0.2, 0.25) is 0 Å². The van der Waals surface area contributed by atoms with E-state index in [4.69, 9.17) is 4.74 Å². The van der Waals surface area contributed by atoms with Gasteiger partial charge in [0.15, 0.2) is 0 Å². The number of carboxylic acid groups (broad SMARTS) is 1. The van der Waals surface area contributed by atoms with E-state index in [1.54, 1.807) is 33.2 Å². The van der Waals surface area contributed by atoms with Crippen LogP contribution >= 0.6 is 0 Å². The van der Waals surface area contributed by atoms with Gasteiger partial charge < -0.3 is 20.1 Å². The molecular formula is C17H25N3O4. The molecule has 2 unspecified atom stereocenters. The normalized spacial score (nSPS) is 21.4. The maximum Gasteiger partial charge on any atom is 0.410 e. The van der Waals surface area contributed by atoms with Gasteiger partial charge in [0.25, 0.3) is 0 Å². The topological polar surface area (TPSA) is 91.8 Å². The first-order valence-corrected chi connectivity index (χ1v) is 8.09. The summed E-state index contributed by atoms with van der Waals surface area (Å²) in [5, 5.41) is 12.8. The highest BCUT2D eigenvalue weighted by Gasteiger charge is 2.37. The number of rotatable bonds is 4. The lowest BCUT2D eigenvalue weighted by atomic mass is 9.92. The molecule has 1 saturated heterocycles. The van der Waals surface area contributed by atoms with Crippen LogP contribution in [0.1, 0.15) is 32.8 Å². The van der Waals surface area contributed by atoms with Crippen LogP contribution < -0.4 is 5.32 Å². The van der Waals surface area contributed by atoms with Gasteiger partial charge in [0.05, 0.1) is 5.92 Å². The van der Waals surface area contributed by atoms with E-state index in [1.165, 1.54) is 4.90 Å². The van der Waals surface area contributed by atoms with Gasteiger partial charge in [-0.05, 0) is 44.9 Å². The summed E-state index contributed by atoms with van der Waals surface area (Å²) >= 11 is 0. The summed E-state index contributed by atoms with van der Waals surface area (Å²) in [7, 11) is 0. The second kappa shape index (κ2) is 7.61. The Bertz CT molecular complexity index is 571. The molecule has 0 saturated carbocycles. The second-order valence-corrected chi connectivity index (χ2v) is 7.00. The molecule has 7 nitrogen and oxygen atoms in total. The molecule has 24 heavy (non-hydrogen) atoms. The van der Waals surface area contributed by atoms with Crippen molar-refractivity contribution in [2.75, 3.05) is 13.1 Å². The van der Waals surface area contributed by atoms with Gasteiger partial charge in [-0.25, -0.2) is 4.79 Å². The minimum atomic E-state index is -0.907. The van der Waals surface area contributed by atoms with Crippen LogP contribution in [-0.2, 0) is 16.1 Å². The summed E-state index contributed by atoms with van der Waals surface area (Å²) in [6, 6.07) is 3.59. The van der Waals surface area contributed by atoms with Crippen LogP contribution in [0.25, 0.3) is 0 Å². The minimum absolute atomic E-state index is 0.151. The maximum absolute atomic E-state index is 12.2. The van der Waals surface area contributed by atoms with Crippen molar-refractivity contribution in [2.45, 2.75) is 45.4 Å². The van der Waals surface area contributed by atoms with Crippen LogP contribution in [0.3, 0.4) is 0 Å². The van der Waals surface area contributed by atoms with Crippen molar-refractivity contribution in [1.82, 2.24) is 15.2 Å². The number of pyridine rings is 1. The number of aromatic nitrogens is 1. The highest BCUT2D eigenvalue weighted by Crippen LogP contribution is 2.21. The van der Waals surface area contributed by atoms with Gasteiger partial charge in [0, 0.05) is 38.1 Å². The van der Waals surface area contributed by atoms with E-state index >= 15 is 0 Å². The molecule has 1 aromatic heterocycles. The van der Waals surface area contributed by atoms with Gasteiger partial charge in [-0.1, -0.05) is 0 Å². The summed E-state index contributed by atoms with van der Waals surface area (Å²) < 4.78 is 5.34. The van der Waals surface area contributed by atoms with Crippen LogP contribution in [0.2, 0.25) is 0 Å². The molecule has 1 aromatic rings. The predicted octanol–water partition coefficient (Wildman–Crippen LogP) is 1.88. The Morgan fingerprint density at radius 1 is 1.38 bits per heavy atom. The number of carbonyl (C=O) groups is 2. The van der Waals surface area contributed by atoms with Crippen molar-refractivity contribution in [3.8, 4) is 0 Å². The summed E-state index contributed by atoms with van der Waals surface area (Å²) in [5.41, 5.74) is 0.454. The third-order valence-corrected chi connectivity index (χ3v) is 3.90. The molecule has 2 heterocycles. The van der Waals surface area contributed by atoms with Gasteiger partial charge >= 0.3 is 12.1 Å². The zero-order valence-electron chi connectivity index (χ0n) is 14.4. The number of nitrogens with one attached hydrogen (secondary N) is 1. The lowest BCUT2D eigenvalue weighted by molar-refractivity contribution is -0.144. The Balaban J connectivity index is 1.95. The standard InChI is InChI=1S/C17H25N3O4/c1-17(2,3)24-16(23)20-9-6-14(13(11-20)15(21)22)19-10-12-4-7-18-8-5-12/h4-5,7-8,13-14,19H,6,9-11H2,1-3H3,(H,21,22). The second-order valence-electron chi connectivity index (χ2n) is 7.00. The number of carboxylic acids is 1. The quantitative estimate of drug-likeness (QED) is 0.873. The van der Waals surface area contributed by atoms with Crippen molar-refractivity contribution in [3.05, 3.63) is 30.1 Å². The average Bonchev–Trinajstić information content (AvgIpc) is 2.52. The first-order chi connectivity index (χ1) is 11.3. The van der Waals surface area contributed by atoms with E-state index in [0.29, 0.717) is 19.5 Å². The molecular weight excluding hydrogens is 310 g/mol. The Hall–Kier alpha value is -2.15. The first-order valence-electron chi connectivity index (χ1n) is 8.09. The fourth-order valence-corrected chi connectivity index (χ4v) is 2.69. The number of carbonyl (C=O) groups excluding carboxylic acids is 1. The van der Waals surface area contributed by atoms with Crippen LogP contribution in [-0.4, -0.2) is 51.8 Å². The number of piperidine rings is 1. The van der Waals surface area contributed by atoms with E-state index in [2.05, 4.69) is 10.3 Å². The van der Waals surface area contributed by atoms with Gasteiger partial charge in [0.1, 0.15) is 5.60 Å². The summed E-state index contributed by atoms with van der Waals surface area (Å²) in [6.45, 7) is 6.59. The third kappa shape index (κ3) is 5.19. The van der Waals surface area contributed by atoms with Gasteiger partial charge in [-0.2, -0.15) is 0 Å². The molecule has 0 spiro atoms. The Labute approximate surface area is 142 Å². The van der Waals surface area contributed by atoms with Crippen LogP contribution in [0.15, 0.2) is 24.5 Å². The molecule has 132 valence electrons. The number of hydrogen-bond donors (Lipinski definition) is 2. The molecule has 0 aliphatic carbocycles. The summed E-state index contributed by atoms with van der Waals surface area (Å²) in [4.78, 5) is 29.2. The van der Waals surface area contributed by atoms with Crippen LogP contribution in [0.4, 0.5) is 4.79 Å². The SMILES string of the molecule is CC(C)(C)OC(=O)N1CCC(NCc2ccncc2)C(C(=O)O)C1. The molecule has 1 aliphatic heterocycles. The van der Waals surface area contributed by atoms with Crippen LogP contribution in [0, 0.1) is 5.92 Å². The third-order valence-electron chi connectivity index (χ3n) is 3.90. The molecule has 2 N–H and O–H groups in total. The highest BCUT2D eigenvalue weighted by atomic mass is 16.6. The lowest BCUT2D eigenvalue weighted by Crippen LogP contribution is -2.54. The predicted molar refractivity (Wildman–Crippen MR) is 88.4 cm³/mol. The molecule has 0 radical (unpaired) electrons. The smallest absolute Gasteiger partial charge is 0.410 e. The van der Waals surface area contributed by atoms with Gasteiger partial charge in [-0.15, -0.1) is 0 Å².